The van der Waals surface area contributed by atoms with Gasteiger partial charge in [0.05, 0.1) is 38.4 Å². The third-order valence-corrected chi connectivity index (χ3v) is 5.56. The summed E-state index contributed by atoms with van der Waals surface area (Å²) in [6.45, 7) is 3.18. The van der Waals surface area contributed by atoms with Gasteiger partial charge in [0.1, 0.15) is 5.75 Å². The molecule has 1 aliphatic heterocycles. The van der Waals surface area contributed by atoms with Gasteiger partial charge in [-0.1, -0.05) is 30.3 Å². The van der Waals surface area contributed by atoms with Crippen molar-refractivity contribution in [3.63, 3.8) is 0 Å². The Bertz CT molecular complexity index is 1090. The van der Waals surface area contributed by atoms with Crippen LogP contribution in [0, 0.1) is 0 Å². The molecule has 0 spiro atoms. The molecule has 1 aromatic heterocycles. The normalized spacial score (nSPS) is 14.7. The van der Waals surface area contributed by atoms with E-state index < -0.39 is 0 Å². The fourth-order valence-electron chi connectivity index (χ4n) is 4.08. The average molecular weight is 434 g/mol. The van der Waals surface area contributed by atoms with Crippen molar-refractivity contribution in [2.45, 2.75) is 25.9 Å². The Hall–Kier alpha value is -3.74. The van der Waals surface area contributed by atoms with Crippen molar-refractivity contribution >= 4 is 12.0 Å². The summed E-state index contributed by atoms with van der Waals surface area (Å²) in [6.07, 6.45) is 2.14. The van der Waals surface area contributed by atoms with Gasteiger partial charge in [0.2, 0.25) is 0 Å². The number of esters is 1. The first-order valence-corrected chi connectivity index (χ1v) is 10.7. The van der Waals surface area contributed by atoms with Crippen LogP contribution in [0.25, 0.3) is 5.69 Å². The highest BCUT2D eigenvalue weighted by Gasteiger charge is 2.32. The number of methoxy groups -OCH3 is 1. The molecule has 3 aromatic rings. The van der Waals surface area contributed by atoms with E-state index in [0.29, 0.717) is 13.2 Å². The molecule has 0 bridgehead atoms. The number of carbonyl (C=O) groups excluding carboxylic acids is 2. The van der Waals surface area contributed by atoms with Gasteiger partial charge in [-0.25, -0.2) is 4.79 Å². The van der Waals surface area contributed by atoms with Crippen LogP contribution in [-0.2, 0) is 16.1 Å². The van der Waals surface area contributed by atoms with Crippen molar-refractivity contribution in [2.24, 2.45) is 0 Å². The van der Waals surface area contributed by atoms with Crippen molar-refractivity contribution in [1.29, 1.82) is 0 Å². The van der Waals surface area contributed by atoms with Gasteiger partial charge in [-0.05, 0) is 48.4 Å². The topological polar surface area (TPSA) is 72.8 Å². The number of fused-ring (bicyclic) bond motifs is 3. The number of ether oxygens (including phenoxy) is 2. The Morgan fingerprint density at radius 3 is 2.59 bits per heavy atom. The van der Waals surface area contributed by atoms with E-state index in [4.69, 9.17) is 4.74 Å². The number of para-hydroxylation sites is 1. The lowest BCUT2D eigenvalue weighted by atomic mass is 10.0. The largest absolute Gasteiger partial charge is 0.494 e. The highest BCUT2D eigenvalue weighted by molar-refractivity contribution is 5.77. The molecule has 0 fully saturated rings. The van der Waals surface area contributed by atoms with E-state index in [-0.39, 0.29) is 31.0 Å². The van der Waals surface area contributed by atoms with Gasteiger partial charge in [-0.2, -0.15) is 0 Å². The maximum atomic E-state index is 13.3. The molecule has 1 unspecified atom stereocenters. The minimum Gasteiger partial charge on any atom is -0.494 e. The number of rotatable bonds is 6. The summed E-state index contributed by atoms with van der Waals surface area (Å²) in [7, 11) is 1.34. The van der Waals surface area contributed by atoms with E-state index in [1.54, 1.807) is 0 Å². The predicted molar refractivity (Wildman–Crippen MR) is 121 cm³/mol. The van der Waals surface area contributed by atoms with Crippen molar-refractivity contribution in [1.82, 2.24) is 14.8 Å². The van der Waals surface area contributed by atoms with Crippen LogP contribution in [0.1, 0.15) is 36.2 Å². The van der Waals surface area contributed by atoms with E-state index in [0.717, 1.165) is 28.3 Å². The van der Waals surface area contributed by atoms with E-state index >= 15 is 0 Å². The number of amides is 2. The van der Waals surface area contributed by atoms with Crippen molar-refractivity contribution in [3.05, 3.63) is 83.7 Å². The van der Waals surface area contributed by atoms with E-state index in [1.165, 1.54) is 7.11 Å². The molecule has 7 nitrogen and oxygen atoms in total. The lowest BCUT2D eigenvalue weighted by Crippen LogP contribution is -2.42. The average Bonchev–Trinajstić information content (AvgIpc) is 3.24. The Morgan fingerprint density at radius 1 is 1.06 bits per heavy atom. The molecule has 0 saturated carbocycles. The van der Waals surface area contributed by atoms with E-state index in [2.05, 4.69) is 20.7 Å². The fourth-order valence-corrected chi connectivity index (χ4v) is 4.08. The molecule has 2 heterocycles. The number of benzene rings is 2. The number of nitrogens with one attached hydrogen (secondary N) is 1. The number of nitrogens with zero attached hydrogens (tertiary/aromatic N) is 2. The predicted octanol–water partition coefficient (Wildman–Crippen LogP) is 4.05. The molecule has 2 amide bonds. The maximum Gasteiger partial charge on any atom is 0.318 e. The van der Waals surface area contributed by atoms with Crippen molar-refractivity contribution in [3.8, 4) is 11.4 Å². The summed E-state index contributed by atoms with van der Waals surface area (Å²) in [5.74, 6) is 0.432. The fraction of sp³-hybridized carbons (Fsp3) is 0.280. The molecule has 4 rings (SSSR count). The SMILES string of the molecule is CCOc1ccc(C2c3cccn3-c3ccccc3CN2C(=O)NCCC(=O)OC)cc1. The molecule has 2 aromatic carbocycles. The Labute approximate surface area is 187 Å². The molecule has 0 aliphatic carbocycles. The zero-order valence-corrected chi connectivity index (χ0v) is 18.3. The van der Waals surface area contributed by atoms with Crippen LogP contribution in [0.3, 0.4) is 0 Å². The zero-order valence-electron chi connectivity index (χ0n) is 18.3. The van der Waals surface area contributed by atoms with Crippen LogP contribution < -0.4 is 10.1 Å². The third-order valence-electron chi connectivity index (χ3n) is 5.56. The minimum atomic E-state index is -0.358. The monoisotopic (exact) mass is 433 g/mol. The Balaban J connectivity index is 1.72. The quantitative estimate of drug-likeness (QED) is 0.595. The molecule has 1 N–H and O–H groups in total. The molecule has 7 heteroatoms. The van der Waals surface area contributed by atoms with Crippen LogP contribution >= 0.6 is 0 Å². The molecule has 1 atom stereocenters. The van der Waals surface area contributed by atoms with Gasteiger partial charge < -0.3 is 24.3 Å². The van der Waals surface area contributed by atoms with Crippen molar-refractivity contribution in [2.75, 3.05) is 20.3 Å². The van der Waals surface area contributed by atoms with Gasteiger partial charge in [-0.3, -0.25) is 4.79 Å². The van der Waals surface area contributed by atoms with Crippen LogP contribution in [-0.4, -0.2) is 41.7 Å². The Kier molecular flexibility index (Phi) is 6.44. The van der Waals surface area contributed by atoms with Gasteiger partial charge in [0.25, 0.3) is 0 Å². The number of urea groups is 1. The van der Waals surface area contributed by atoms with E-state index in [1.807, 2.05) is 72.6 Å². The molecule has 0 radical (unpaired) electrons. The van der Waals surface area contributed by atoms with Gasteiger partial charge >= 0.3 is 12.0 Å². The number of aromatic nitrogens is 1. The minimum absolute atomic E-state index is 0.122. The van der Waals surface area contributed by atoms with Gasteiger partial charge in [-0.15, -0.1) is 0 Å². The highest BCUT2D eigenvalue weighted by atomic mass is 16.5. The van der Waals surface area contributed by atoms with Crippen LogP contribution in [0.15, 0.2) is 66.9 Å². The first kappa shape index (κ1) is 21.5. The van der Waals surface area contributed by atoms with Crippen LogP contribution in [0.5, 0.6) is 5.75 Å². The molecular formula is C25H27N3O4. The standard InChI is InChI=1S/C25H27N3O4/c1-3-32-20-12-10-18(11-13-20)24-22-9-6-16-27(22)21-8-5-4-7-19(21)17-28(24)25(30)26-15-14-23(29)31-2/h4-13,16,24H,3,14-15,17H2,1-2H3,(H,26,30). The molecular weight excluding hydrogens is 406 g/mol. The summed E-state index contributed by atoms with van der Waals surface area (Å²) >= 11 is 0. The molecule has 0 saturated heterocycles. The summed E-state index contributed by atoms with van der Waals surface area (Å²) < 4.78 is 12.4. The molecule has 166 valence electrons. The lowest BCUT2D eigenvalue weighted by molar-refractivity contribution is -0.140. The second-order valence-corrected chi connectivity index (χ2v) is 7.52. The van der Waals surface area contributed by atoms with E-state index in [9.17, 15) is 9.59 Å². The summed E-state index contributed by atoms with van der Waals surface area (Å²) in [6, 6.07) is 19.4. The molecule has 32 heavy (non-hydrogen) atoms. The number of carbonyl (C=O) groups is 2. The summed E-state index contributed by atoms with van der Waals surface area (Å²) in [5.41, 5.74) is 4.06. The second kappa shape index (κ2) is 9.60. The third kappa shape index (κ3) is 4.32. The number of hydrogen-bond acceptors (Lipinski definition) is 4. The first-order valence-electron chi connectivity index (χ1n) is 10.7. The van der Waals surface area contributed by atoms with Crippen LogP contribution in [0.2, 0.25) is 0 Å². The first-order chi connectivity index (χ1) is 15.6. The zero-order chi connectivity index (χ0) is 22.5. The second-order valence-electron chi connectivity index (χ2n) is 7.52. The van der Waals surface area contributed by atoms with Gasteiger partial charge in [0, 0.05) is 18.4 Å². The summed E-state index contributed by atoms with van der Waals surface area (Å²) in [4.78, 5) is 26.6. The van der Waals surface area contributed by atoms with Crippen LogP contribution in [0.4, 0.5) is 4.79 Å². The smallest absolute Gasteiger partial charge is 0.318 e. The number of hydrogen-bond donors (Lipinski definition) is 1. The highest BCUT2D eigenvalue weighted by Crippen LogP contribution is 2.37. The lowest BCUT2D eigenvalue weighted by Gasteiger charge is -2.31. The molecule has 1 aliphatic rings. The maximum absolute atomic E-state index is 13.3. The summed E-state index contributed by atoms with van der Waals surface area (Å²) in [5, 5.41) is 2.88. The van der Waals surface area contributed by atoms with Crippen molar-refractivity contribution < 1.29 is 19.1 Å². The van der Waals surface area contributed by atoms with Gasteiger partial charge in [0.15, 0.2) is 0 Å². The Morgan fingerprint density at radius 2 is 1.84 bits per heavy atom.